The molecule has 4 heteroatoms. The third-order valence-electron chi connectivity index (χ3n) is 2.95. The predicted octanol–water partition coefficient (Wildman–Crippen LogP) is 2.53. The molecule has 0 saturated carbocycles. The van der Waals surface area contributed by atoms with Crippen molar-refractivity contribution in [1.82, 2.24) is 14.9 Å². The first-order valence-electron chi connectivity index (χ1n) is 6.75. The summed E-state index contributed by atoms with van der Waals surface area (Å²) in [5.41, 5.74) is 4.10. The van der Waals surface area contributed by atoms with Gasteiger partial charge in [0.2, 0.25) is 0 Å². The van der Waals surface area contributed by atoms with Crippen LogP contribution in [0.4, 0.5) is 0 Å². The van der Waals surface area contributed by atoms with Crippen LogP contribution in [-0.2, 0) is 11.3 Å². The van der Waals surface area contributed by atoms with Gasteiger partial charge in [-0.15, -0.1) is 0 Å². The zero-order valence-corrected chi connectivity index (χ0v) is 12.3. The maximum Gasteiger partial charge on any atom is 0.0889 e. The third kappa shape index (κ3) is 4.40. The minimum absolute atomic E-state index is 0.606. The van der Waals surface area contributed by atoms with Gasteiger partial charge in [-0.3, -0.25) is 9.97 Å². The van der Waals surface area contributed by atoms with Crippen molar-refractivity contribution in [3.63, 3.8) is 0 Å². The van der Waals surface area contributed by atoms with Gasteiger partial charge in [0.05, 0.1) is 24.6 Å². The zero-order valence-electron chi connectivity index (χ0n) is 12.3. The summed E-state index contributed by atoms with van der Waals surface area (Å²) in [5, 5.41) is 0. The number of rotatable bonds is 6. The maximum atomic E-state index is 5.66. The Hall–Kier alpha value is -1.78. The van der Waals surface area contributed by atoms with Gasteiger partial charge < -0.3 is 9.64 Å². The van der Waals surface area contributed by atoms with Crippen LogP contribution in [-0.4, -0.2) is 42.1 Å². The molecule has 2 rings (SSSR count). The Kier molecular flexibility index (Phi) is 5.21. The highest BCUT2D eigenvalue weighted by Gasteiger charge is 2.03. The molecule has 0 atom stereocenters. The minimum atomic E-state index is 0.606. The number of nitrogens with zero attached hydrogens (tertiary/aromatic N) is 3. The van der Waals surface area contributed by atoms with E-state index >= 15 is 0 Å². The van der Waals surface area contributed by atoms with Gasteiger partial charge in [-0.25, -0.2) is 0 Å². The van der Waals surface area contributed by atoms with E-state index in [9.17, 15) is 0 Å². The Balaban J connectivity index is 2.01. The molecular formula is C16H21N3O. The summed E-state index contributed by atoms with van der Waals surface area (Å²) in [7, 11) is 4.08. The van der Waals surface area contributed by atoms with E-state index in [1.54, 1.807) is 0 Å². The number of hydrogen-bond acceptors (Lipinski definition) is 4. The van der Waals surface area contributed by atoms with Crippen molar-refractivity contribution in [2.75, 3.05) is 27.2 Å². The minimum Gasteiger partial charge on any atom is -0.375 e. The van der Waals surface area contributed by atoms with Crippen LogP contribution in [0.25, 0.3) is 11.4 Å². The van der Waals surface area contributed by atoms with Gasteiger partial charge >= 0.3 is 0 Å². The molecule has 0 saturated heterocycles. The zero-order chi connectivity index (χ0) is 14.4. The van der Waals surface area contributed by atoms with Gasteiger partial charge in [-0.1, -0.05) is 0 Å². The molecule has 0 fully saturated rings. The smallest absolute Gasteiger partial charge is 0.0889 e. The Labute approximate surface area is 120 Å². The van der Waals surface area contributed by atoms with E-state index in [4.69, 9.17) is 4.74 Å². The van der Waals surface area contributed by atoms with E-state index in [-0.39, 0.29) is 0 Å². The van der Waals surface area contributed by atoms with Gasteiger partial charge in [-0.05, 0) is 56.4 Å². The standard InChI is InChI=1S/C16H21N3O/c1-13-4-6-17-15(10-13)16-11-14(5-7-18-16)12-20-9-8-19(2)3/h4-7,10-11H,8-9,12H2,1-3H3. The first kappa shape index (κ1) is 14.6. The van der Waals surface area contributed by atoms with Crippen LogP contribution >= 0.6 is 0 Å². The molecule has 2 aromatic rings. The molecule has 20 heavy (non-hydrogen) atoms. The lowest BCUT2D eigenvalue weighted by atomic mass is 10.1. The van der Waals surface area contributed by atoms with E-state index in [2.05, 4.69) is 21.8 Å². The molecule has 0 aromatic carbocycles. The number of ether oxygens (including phenoxy) is 1. The van der Waals surface area contributed by atoms with Crippen LogP contribution < -0.4 is 0 Å². The van der Waals surface area contributed by atoms with Crippen molar-refractivity contribution in [3.05, 3.63) is 47.8 Å². The van der Waals surface area contributed by atoms with Crippen molar-refractivity contribution in [2.45, 2.75) is 13.5 Å². The fourth-order valence-electron chi connectivity index (χ4n) is 1.82. The highest BCUT2D eigenvalue weighted by atomic mass is 16.5. The van der Waals surface area contributed by atoms with Crippen molar-refractivity contribution < 1.29 is 4.74 Å². The monoisotopic (exact) mass is 271 g/mol. The van der Waals surface area contributed by atoms with Crippen LogP contribution in [0, 0.1) is 6.92 Å². The van der Waals surface area contributed by atoms with Crippen LogP contribution in [0.3, 0.4) is 0 Å². The summed E-state index contributed by atoms with van der Waals surface area (Å²) < 4.78 is 5.66. The summed E-state index contributed by atoms with van der Waals surface area (Å²) in [6.07, 6.45) is 3.62. The second-order valence-electron chi connectivity index (χ2n) is 5.12. The van der Waals surface area contributed by atoms with Gasteiger partial charge in [0.15, 0.2) is 0 Å². The first-order chi connectivity index (χ1) is 9.65. The van der Waals surface area contributed by atoms with E-state index in [1.807, 2.05) is 50.8 Å². The van der Waals surface area contributed by atoms with E-state index in [1.165, 1.54) is 5.56 Å². The Morgan fingerprint density at radius 2 is 1.75 bits per heavy atom. The van der Waals surface area contributed by atoms with E-state index in [0.717, 1.165) is 30.1 Å². The molecule has 0 amide bonds. The van der Waals surface area contributed by atoms with Gasteiger partial charge in [-0.2, -0.15) is 0 Å². The van der Waals surface area contributed by atoms with Crippen LogP contribution in [0.1, 0.15) is 11.1 Å². The molecule has 0 aliphatic rings. The van der Waals surface area contributed by atoms with Gasteiger partial charge in [0, 0.05) is 18.9 Å². The number of aromatic nitrogens is 2. The molecular weight excluding hydrogens is 250 g/mol. The molecule has 0 radical (unpaired) electrons. The summed E-state index contributed by atoms with van der Waals surface area (Å²) in [4.78, 5) is 10.8. The maximum absolute atomic E-state index is 5.66. The lowest BCUT2D eigenvalue weighted by Gasteiger charge is -2.10. The molecule has 0 spiro atoms. The summed E-state index contributed by atoms with van der Waals surface area (Å²) in [6.45, 7) is 4.32. The molecule has 2 heterocycles. The van der Waals surface area contributed by atoms with Crippen molar-refractivity contribution in [1.29, 1.82) is 0 Å². The average Bonchev–Trinajstić information content (AvgIpc) is 2.44. The second kappa shape index (κ2) is 7.12. The summed E-state index contributed by atoms with van der Waals surface area (Å²) in [5.74, 6) is 0. The molecule has 0 aliphatic carbocycles. The van der Waals surface area contributed by atoms with E-state index in [0.29, 0.717) is 6.61 Å². The Bertz CT molecular complexity index is 555. The molecule has 106 valence electrons. The lowest BCUT2D eigenvalue weighted by Crippen LogP contribution is -2.17. The largest absolute Gasteiger partial charge is 0.375 e. The fraction of sp³-hybridized carbons (Fsp3) is 0.375. The summed E-state index contributed by atoms with van der Waals surface area (Å²) >= 11 is 0. The molecule has 0 unspecified atom stereocenters. The number of aryl methyl sites for hydroxylation is 1. The van der Waals surface area contributed by atoms with Crippen LogP contribution in [0.5, 0.6) is 0 Å². The van der Waals surface area contributed by atoms with Crippen molar-refractivity contribution >= 4 is 0 Å². The first-order valence-corrected chi connectivity index (χ1v) is 6.75. The molecule has 4 nitrogen and oxygen atoms in total. The topological polar surface area (TPSA) is 38.2 Å². The fourth-order valence-corrected chi connectivity index (χ4v) is 1.82. The van der Waals surface area contributed by atoms with Crippen molar-refractivity contribution in [2.24, 2.45) is 0 Å². The highest BCUT2D eigenvalue weighted by Crippen LogP contribution is 2.16. The lowest BCUT2D eigenvalue weighted by molar-refractivity contribution is 0.105. The number of pyridine rings is 2. The van der Waals surface area contributed by atoms with E-state index < -0.39 is 0 Å². The quantitative estimate of drug-likeness (QED) is 0.757. The molecule has 0 N–H and O–H groups in total. The summed E-state index contributed by atoms with van der Waals surface area (Å²) in [6, 6.07) is 8.04. The van der Waals surface area contributed by atoms with Crippen LogP contribution in [0.2, 0.25) is 0 Å². The third-order valence-corrected chi connectivity index (χ3v) is 2.95. The van der Waals surface area contributed by atoms with Crippen molar-refractivity contribution in [3.8, 4) is 11.4 Å². The molecule has 0 bridgehead atoms. The molecule has 0 aliphatic heterocycles. The number of hydrogen-bond donors (Lipinski definition) is 0. The normalized spacial score (nSPS) is 11.0. The highest BCUT2D eigenvalue weighted by molar-refractivity contribution is 5.55. The Morgan fingerprint density at radius 3 is 2.45 bits per heavy atom. The molecule has 2 aromatic heterocycles. The Morgan fingerprint density at radius 1 is 1.05 bits per heavy atom. The van der Waals surface area contributed by atoms with Gasteiger partial charge in [0.25, 0.3) is 0 Å². The SMILES string of the molecule is Cc1ccnc(-c2cc(COCCN(C)C)ccn2)c1. The predicted molar refractivity (Wildman–Crippen MR) is 80.4 cm³/mol. The number of likely N-dealkylation sites (N-methyl/N-ethyl adjacent to an activating group) is 1. The van der Waals surface area contributed by atoms with Gasteiger partial charge in [0.1, 0.15) is 0 Å². The average molecular weight is 271 g/mol. The second-order valence-corrected chi connectivity index (χ2v) is 5.12. The van der Waals surface area contributed by atoms with Crippen LogP contribution in [0.15, 0.2) is 36.7 Å².